The summed E-state index contributed by atoms with van der Waals surface area (Å²) >= 11 is 0. The SMILES string of the molecule is Cc1nc2ncnn2c(C)c1CCC(=O)N1CCCCCc2cc3c(cc2CN(C)CCCC1)OCO3. The lowest BCUT2D eigenvalue weighted by molar-refractivity contribution is -0.131. The third kappa shape index (κ3) is 5.87. The van der Waals surface area contributed by atoms with Crippen molar-refractivity contribution < 1.29 is 14.3 Å². The number of rotatable bonds is 3. The van der Waals surface area contributed by atoms with Gasteiger partial charge in [-0.3, -0.25) is 4.79 Å². The van der Waals surface area contributed by atoms with Crippen molar-refractivity contribution in [3.8, 4) is 11.5 Å². The normalized spacial score (nSPS) is 17.5. The summed E-state index contributed by atoms with van der Waals surface area (Å²) < 4.78 is 13.0. The van der Waals surface area contributed by atoms with Gasteiger partial charge in [0.05, 0.1) is 0 Å². The Bertz CT molecular complexity index is 1260. The summed E-state index contributed by atoms with van der Waals surface area (Å²) in [6.07, 6.45) is 8.99. The van der Waals surface area contributed by atoms with Crippen molar-refractivity contribution in [3.63, 3.8) is 0 Å². The maximum Gasteiger partial charge on any atom is 0.252 e. The fourth-order valence-electron chi connectivity index (χ4n) is 5.52. The molecule has 0 atom stereocenters. The molecule has 0 radical (unpaired) electrons. The molecule has 1 aromatic carbocycles. The van der Waals surface area contributed by atoms with Crippen LogP contribution in [-0.4, -0.2) is 68.8 Å². The molecule has 0 spiro atoms. The summed E-state index contributed by atoms with van der Waals surface area (Å²) in [4.78, 5) is 26.5. The van der Waals surface area contributed by atoms with Crippen molar-refractivity contribution >= 4 is 11.7 Å². The van der Waals surface area contributed by atoms with E-state index in [1.165, 1.54) is 17.5 Å². The van der Waals surface area contributed by atoms with Crippen molar-refractivity contribution in [3.05, 3.63) is 46.5 Å². The number of benzene rings is 1. The molecule has 3 aromatic rings. The van der Waals surface area contributed by atoms with Crippen molar-refractivity contribution in [2.75, 3.05) is 33.5 Å². The van der Waals surface area contributed by atoms with Crippen LogP contribution in [0, 0.1) is 13.8 Å². The first-order chi connectivity index (χ1) is 18.0. The third-order valence-corrected chi connectivity index (χ3v) is 7.66. The van der Waals surface area contributed by atoms with Gasteiger partial charge in [0.25, 0.3) is 5.78 Å². The molecule has 0 unspecified atom stereocenters. The number of nitrogens with zero attached hydrogens (tertiary/aromatic N) is 6. The van der Waals surface area contributed by atoms with Gasteiger partial charge < -0.3 is 19.3 Å². The molecule has 9 nitrogen and oxygen atoms in total. The van der Waals surface area contributed by atoms with Crippen LogP contribution < -0.4 is 9.47 Å². The van der Waals surface area contributed by atoms with Crippen molar-refractivity contribution in [2.24, 2.45) is 0 Å². The van der Waals surface area contributed by atoms with Crippen LogP contribution in [0.4, 0.5) is 0 Å². The molecule has 2 aromatic heterocycles. The number of carbonyl (C=O) groups excluding carboxylic acids is 1. The second kappa shape index (κ2) is 11.5. The Balaban J connectivity index is 1.21. The third-order valence-electron chi connectivity index (χ3n) is 7.66. The van der Waals surface area contributed by atoms with E-state index >= 15 is 0 Å². The van der Waals surface area contributed by atoms with Gasteiger partial charge >= 0.3 is 0 Å². The summed E-state index contributed by atoms with van der Waals surface area (Å²) in [6.45, 7) is 7.87. The minimum atomic E-state index is 0.232. The topological polar surface area (TPSA) is 85.1 Å². The molecule has 198 valence electrons. The minimum Gasteiger partial charge on any atom is -0.454 e. The molecular formula is C28H38N6O3. The molecule has 0 N–H and O–H groups in total. The molecule has 0 fully saturated rings. The van der Waals surface area contributed by atoms with Gasteiger partial charge in [0, 0.05) is 37.4 Å². The number of fused-ring (bicyclic) bond motifs is 3. The van der Waals surface area contributed by atoms with Crippen LogP contribution in [-0.2, 0) is 24.2 Å². The standard InChI is InChI=1S/C28H38N6O3/c1-20-24(21(2)34-28(31-20)29-18-30-34)10-11-27(35)33-13-6-4-5-9-22-15-25-26(37-19-36-25)16-23(22)17-32(3)12-7-8-14-33/h15-16,18H,4-14,17,19H2,1-3H3. The molecule has 5 rings (SSSR count). The highest BCUT2D eigenvalue weighted by Gasteiger charge is 2.20. The molecule has 37 heavy (non-hydrogen) atoms. The van der Waals surface area contributed by atoms with Crippen LogP contribution in [0.5, 0.6) is 11.5 Å². The van der Waals surface area contributed by atoms with Crippen LogP contribution in [0.1, 0.15) is 66.6 Å². The molecule has 0 saturated carbocycles. The Morgan fingerprint density at radius 3 is 2.51 bits per heavy atom. The van der Waals surface area contributed by atoms with Crippen LogP contribution >= 0.6 is 0 Å². The van der Waals surface area contributed by atoms with Gasteiger partial charge in [-0.25, -0.2) is 9.50 Å². The van der Waals surface area contributed by atoms with E-state index in [0.29, 0.717) is 25.4 Å². The number of carbonyl (C=O) groups is 1. The smallest absolute Gasteiger partial charge is 0.252 e. The largest absolute Gasteiger partial charge is 0.454 e. The van der Waals surface area contributed by atoms with Gasteiger partial charge in [-0.1, -0.05) is 6.42 Å². The second-order valence-corrected chi connectivity index (χ2v) is 10.3. The Hall–Kier alpha value is -3.20. The lowest BCUT2D eigenvalue weighted by atomic mass is 9.99. The first kappa shape index (κ1) is 25.4. The molecule has 0 bridgehead atoms. The van der Waals surface area contributed by atoms with E-state index in [1.54, 1.807) is 4.52 Å². The summed E-state index contributed by atoms with van der Waals surface area (Å²) in [6, 6.07) is 4.34. The maximum atomic E-state index is 13.3. The van der Waals surface area contributed by atoms with Crippen LogP contribution in [0.2, 0.25) is 0 Å². The van der Waals surface area contributed by atoms with E-state index < -0.39 is 0 Å². The fraction of sp³-hybridized carbons (Fsp3) is 0.571. The summed E-state index contributed by atoms with van der Waals surface area (Å²) in [5.74, 6) is 2.57. The van der Waals surface area contributed by atoms with Crippen LogP contribution in [0.25, 0.3) is 5.78 Å². The van der Waals surface area contributed by atoms with E-state index in [-0.39, 0.29) is 5.91 Å². The van der Waals surface area contributed by atoms with Gasteiger partial charge in [0.2, 0.25) is 12.7 Å². The number of hydrogen-bond acceptors (Lipinski definition) is 7. The zero-order valence-corrected chi connectivity index (χ0v) is 22.3. The van der Waals surface area contributed by atoms with Gasteiger partial charge in [0.1, 0.15) is 6.33 Å². The fourth-order valence-corrected chi connectivity index (χ4v) is 5.52. The number of hydrogen-bond donors (Lipinski definition) is 0. The summed E-state index contributed by atoms with van der Waals surface area (Å²) in [7, 11) is 2.17. The number of ether oxygens (including phenoxy) is 2. The van der Waals surface area contributed by atoms with Crippen LogP contribution in [0.3, 0.4) is 0 Å². The first-order valence-electron chi connectivity index (χ1n) is 13.5. The van der Waals surface area contributed by atoms with Gasteiger partial charge in [-0.2, -0.15) is 10.1 Å². The summed E-state index contributed by atoms with van der Waals surface area (Å²) in [5, 5.41) is 4.28. The lowest BCUT2D eigenvalue weighted by Crippen LogP contribution is -2.34. The van der Waals surface area contributed by atoms with Crippen molar-refractivity contribution in [1.82, 2.24) is 29.4 Å². The van der Waals surface area contributed by atoms with E-state index in [9.17, 15) is 4.79 Å². The number of aromatic nitrogens is 4. The van der Waals surface area contributed by atoms with Gasteiger partial charge in [-0.05, 0) is 94.8 Å². The quantitative estimate of drug-likeness (QED) is 0.533. The Morgan fingerprint density at radius 2 is 1.70 bits per heavy atom. The molecule has 0 saturated heterocycles. The van der Waals surface area contributed by atoms with Crippen molar-refractivity contribution in [2.45, 2.75) is 71.8 Å². The highest BCUT2D eigenvalue weighted by molar-refractivity contribution is 5.76. The van der Waals surface area contributed by atoms with E-state index in [4.69, 9.17) is 9.47 Å². The highest BCUT2D eigenvalue weighted by atomic mass is 16.7. The molecule has 2 aliphatic rings. The predicted molar refractivity (Wildman–Crippen MR) is 141 cm³/mol. The lowest BCUT2D eigenvalue weighted by Gasteiger charge is -2.25. The Labute approximate surface area is 218 Å². The predicted octanol–water partition coefficient (Wildman–Crippen LogP) is 3.87. The summed E-state index contributed by atoms with van der Waals surface area (Å²) in [5.41, 5.74) is 5.72. The average molecular weight is 507 g/mol. The molecule has 4 heterocycles. The van der Waals surface area contributed by atoms with Gasteiger partial charge in [-0.15, -0.1) is 0 Å². The van der Waals surface area contributed by atoms with Crippen LogP contribution in [0.15, 0.2) is 18.5 Å². The molecule has 0 aliphatic carbocycles. The molecule has 1 amide bonds. The minimum absolute atomic E-state index is 0.232. The van der Waals surface area contributed by atoms with E-state index in [0.717, 1.165) is 93.2 Å². The highest BCUT2D eigenvalue weighted by Crippen LogP contribution is 2.36. The maximum absolute atomic E-state index is 13.3. The first-order valence-corrected chi connectivity index (χ1v) is 13.5. The number of amides is 1. The van der Waals surface area contributed by atoms with Crippen molar-refractivity contribution in [1.29, 1.82) is 0 Å². The van der Waals surface area contributed by atoms with E-state index in [2.05, 4.69) is 44.0 Å². The molecule has 9 heteroatoms. The molecule has 2 aliphatic heterocycles. The zero-order valence-electron chi connectivity index (χ0n) is 22.3. The number of aryl methyl sites for hydroxylation is 3. The van der Waals surface area contributed by atoms with E-state index in [1.807, 2.05) is 13.8 Å². The average Bonchev–Trinajstić information content (AvgIpc) is 3.53. The Morgan fingerprint density at radius 1 is 0.973 bits per heavy atom. The monoisotopic (exact) mass is 506 g/mol. The Kier molecular flexibility index (Phi) is 7.88. The second-order valence-electron chi connectivity index (χ2n) is 10.3. The van der Waals surface area contributed by atoms with Gasteiger partial charge in [0.15, 0.2) is 11.5 Å². The zero-order chi connectivity index (χ0) is 25.8. The molecular weight excluding hydrogens is 468 g/mol.